The number of nitrogens with two attached hydrogens (primary N) is 2. The van der Waals surface area contributed by atoms with E-state index in [0.717, 1.165) is 0 Å². The number of alkyl halides is 24. The molecule has 0 amide bonds. The highest BCUT2D eigenvalue weighted by atomic mass is 19.4. The zero-order valence-corrected chi connectivity index (χ0v) is 23.3. The second-order valence-corrected chi connectivity index (χ2v) is 10.7. The van der Waals surface area contributed by atoms with Gasteiger partial charge in [0.05, 0.1) is 6.04 Å². The Hall–Kier alpha value is -2.96. The van der Waals surface area contributed by atoms with Crippen molar-refractivity contribution < 1.29 is 126 Å². The van der Waals surface area contributed by atoms with Gasteiger partial charge in [-0.1, -0.05) is 18.2 Å². The summed E-state index contributed by atoms with van der Waals surface area (Å²) < 4.78 is 335. The Morgan fingerprint density at radius 2 is 0.750 bits per heavy atom. The topological polar surface area (TPSA) is 133 Å². The van der Waals surface area contributed by atoms with Crippen LogP contribution in [-0.2, 0) is 0 Å². The fraction of sp³-hybridized carbons (Fsp3) is 0.636. The zero-order valence-electron chi connectivity index (χ0n) is 23.3. The fourth-order valence-electron chi connectivity index (χ4n) is 5.19. The van der Waals surface area contributed by atoms with Crippen molar-refractivity contribution >= 4 is 0 Å². The average molecular weight is 824 g/mol. The molecule has 0 aliphatic heterocycles. The minimum Gasteiger partial charge on any atom is -0.372 e. The molecule has 0 heterocycles. The van der Waals surface area contributed by atoms with Crippen molar-refractivity contribution in [2.75, 3.05) is 0 Å². The summed E-state index contributed by atoms with van der Waals surface area (Å²) in [4.78, 5) is 0. The van der Waals surface area contributed by atoms with Crippen molar-refractivity contribution in [1.29, 1.82) is 0 Å². The number of hydrogen-bond donors (Lipinski definition) is 6. The Kier molecular flexibility index (Phi) is 10.0. The van der Waals surface area contributed by atoms with Crippen LogP contribution >= 0.6 is 0 Å². The standard InChI is InChI=1S/C22H12F24N2O4/c23-15(24,25)11(49,16(26,27)28)4-1-2-10(48,14(52,21(41,42)43)22(44,45)46)8-5(12(50,17(29,30)31)18(32,33)34)3-6(9(47)7(4)8)13(51,19(35,36)37)20(38,39)40/h1-3,9,49-52H,47-48H2. The lowest BCUT2D eigenvalue weighted by atomic mass is 9.58. The Balaban J connectivity index is 3.88. The summed E-state index contributed by atoms with van der Waals surface area (Å²) in [5.41, 5.74) is -46.3. The van der Waals surface area contributed by atoms with E-state index >= 15 is 0 Å². The molecule has 2 atom stereocenters. The molecule has 0 aromatic carbocycles. The molecule has 0 saturated heterocycles. The minimum absolute atomic E-state index is 1.66. The molecule has 8 N–H and O–H groups in total. The van der Waals surface area contributed by atoms with Gasteiger partial charge >= 0.3 is 49.4 Å². The van der Waals surface area contributed by atoms with Gasteiger partial charge in [0.1, 0.15) is 5.54 Å². The van der Waals surface area contributed by atoms with Crippen molar-refractivity contribution in [3.63, 3.8) is 0 Å². The summed E-state index contributed by atoms with van der Waals surface area (Å²) in [5, 5.41) is 39.5. The van der Waals surface area contributed by atoms with Gasteiger partial charge in [0, 0.05) is 16.7 Å². The van der Waals surface area contributed by atoms with Crippen LogP contribution in [0.15, 0.2) is 46.1 Å². The third kappa shape index (κ3) is 5.72. The summed E-state index contributed by atoms with van der Waals surface area (Å²) in [6, 6.07) is -4.87. The van der Waals surface area contributed by atoms with E-state index in [2.05, 4.69) is 0 Å². The lowest BCUT2D eigenvalue weighted by molar-refractivity contribution is -0.380. The van der Waals surface area contributed by atoms with E-state index in [1.807, 2.05) is 0 Å². The van der Waals surface area contributed by atoms with Crippen LogP contribution < -0.4 is 11.5 Å². The van der Waals surface area contributed by atoms with Gasteiger partial charge in [-0.05, 0) is 11.1 Å². The predicted octanol–water partition coefficient (Wildman–Crippen LogP) is 5.54. The van der Waals surface area contributed by atoms with Crippen LogP contribution in [0, 0.1) is 0 Å². The van der Waals surface area contributed by atoms with E-state index in [4.69, 9.17) is 11.5 Å². The first kappa shape index (κ1) is 45.2. The normalized spacial score (nSPS) is 23.0. The molecular formula is C22H12F24N2O4. The van der Waals surface area contributed by atoms with E-state index in [0.29, 0.717) is 0 Å². The number of fused-ring (bicyclic) bond motifs is 1. The highest BCUT2D eigenvalue weighted by Crippen LogP contribution is 2.63. The first-order chi connectivity index (χ1) is 22.2. The Labute approximate surface area is 267 Å². The third-order valence-electron chi connectivity index (χ3n) is 7.78. The van der Waals surface area contributed by atoms with Crippen LogP contribution in [0.2, 0.25) is 0 Å². The maximum Gasteiger partial charge on any atom is 0.430 e. The molecule has 2 aliphatic carbocycles. The second-order valence-electron chi connectivity index (χ2n) is 10.7. The van der Waals surface area contributed by atoms with Crippen molar-refractivity contribution in [2.45, 2.75) is 83.4 Å². The quantitative estimate of drug-likeness (QED) is 0.207. The van der Waals surface area contributed by atoms with Gasteiger partial charge in [0.25, 0.3) is 22.4 Å². The van der Waals surface area contributed by atoms with Crippen molar-refractivity contribution in [3.8, 4) is 0 Å². The molecule has 52 heavy (non-hydrogen) atoms. The maximum atomic E-state index is 14.1. The number of hydrogen-bond acceptors (Lipinski definition) is 6. The highest BCUT2D eigenvalue weighted by molar-refractivity contribution is 5.71. The molecule has 2 unspecified atom stereocenters. The Morgan fingerprint density at radius 1 is 0.462 bits per heavy atom. The van der Waals surface area contributed by atoms with Crippen LogP contribution in [0.25, 0.3) is 0 Å². The Morgan fingerprint density at radius 3 is 1.02 bits per heavy atom. The summed E-state index contributed by atoms with van der Waals surface area (Å²) in [7, 11) is 0. The van der Waals surface area contributed by atoms with Crippen LogP contribution in [0.4, 0.5) is 105 Å². The van der Waals surface area contributed by atoms with Crippen LogP contribution in [0.3, 0.4) is 0 Å². The van der Waals surface area contributed by atoms with Crippen molar-refractivity contribution in [3.05, 3.63) is 46.1 Å². The zero-order chi connectivity index (χ0) is 42.1. The summed E-state index contributed by atoms with van der Waals surface area (Å²) >= 11 is 0. The van der Waals surface area contributed by atoms with E-state index in [9.17, 15) is 126 Å². The van der Waals surface area contributed by atoms with E-state index in [-0.39, 0.29) is 0 Å². The molecule has 302 valence electrons. The largest absolute Gasteiger partial charge is 0.430 e. The van der Waals surface area contributed by atoms with Gasteiger partial charge < -0.3 is 31.9 Å². The molecule has 2 aliphatic rings. The van der Waals surface area contributed by atoms with Gasteiger partial charge in [-0.15, -0.1) is 0 Å². The van der Waals surface area contributed by atoms with Crippen LogP contribution in [-0.4, -0.2) is 104 Å². The molecule has 6 nitrogen and oxygen atoms in total. The van der Waals surface area contributed by atoms with Gasteiger partial charge in [-0.3, -0.25) is 0 Å². The van der Waals surface area contributed by atoms with Gasteiger partial charge in [-0.2, -0.15) is 105 Å². The first-order valence-corrected chi connectivity index (χ1v) is 12.1. The van der Waals surface area contributed by atoms with Crippen LogP contribution in [0.1, 0.15) is 0 Å². The minimum atomic E-state index is -7.97. The molecule has 0 spiro atoms. The van der Waals surface area contributed by atoms with Gasteiger partial charge in [0.2, 0.25) is 0 Å². The molecule has 30 heteroatoms. The SMILES string of the molecule is NC1C(C(O)(C(F)(F)F)C(F)(F)F)=CC(C(O)(C(F)(F)F)C(F)(F)F)=C2C1=C(C(O)(C(F)(F)F)C(F)(F)F)C=CC2(N)C(O)(C(F)(F)F)C(F)(F)F. The number of rotatable bonds is 4. The summed E-state index contributed by atoms with van der Waals surface area (Å²) in [5.74, 6) is 0. The number of aliphatic hydroxyl groups is 4. The maximum absolute atomic E-state index is 14.1. The van der Waals surface area contributed by atoms with E-state index in [1.54, 1.807) is 0 Å². The Bertz CT molecular complexity index is 1500. The van der Waals surface area contributed by atoms with E-state index < -0.39 is 129 Å². The smallest absolute Gasteiger partial charge is 0.372 e. The first-order valence-electron chi connectivity index (χ1n) is 12.1. The van der Waals surface area contributed by atoms with Crippen molar-refractivity contribution in [2.24, 2.45) is 11.5 Å². The summed E-state index contributed by atoms with van der Waals surface area (Å²) in [6.45, 7) is 0. The molecule has 2 rings (SSSR count). The fourth-order valence-corrected chi connectivity index (χ4v) is 5.19. The second kappa shape index (κ2) is 11.5. The molecule has 0 fully saturated rings. The molecule has 0 bridgehead atoms. The van der Waals surface area contributed by atoms with Gasteiger partial charge in [-0.25, -0.2) is 0 Å². The average Bonchev–Trinajstić information content (AvgIpc) is 2.86. The van der Waals surface area contributed by atoms with Crippen molar-refractivity contribution in [1.82, 2.24) is 0 Å². The lowest BCUT2D eigenvalue weighted by Crippen LogP contribution is -2.76. The molecule has 0 radical (unpaired) electrons. The van der Waals surface area contributed by atoms with Crippen LogP contribution in [0.5, 0.6) is 0 Å². The molecule has 0 saturated carbocycles. The molecule has 0 aromatic rings. The number of halogens is 24. The highest BCUT2D eigenvalue weighted by Gasteiger charge is 2.84. The lowest BCUT2D eigenvalue weighted by Gasteiger charge is -2.53. The third-order valence-corrected chi connectivity index (χ3v) is 7.78. The summed E-state index contributed by atoms with van der Waals surface area (Å²) in [6.07, 6.45) is -67.9. The molecule has 0 aromatic heterocycles. The molecular weight excluding hydrogens is 812 g/mol. The van der Waals surface area contributed by atoms with Gasteiger partial charge in [0.15, 0.2) is 0 Å². The van der Waals surface area contributed by atoms with E-state index in [1.165, 1.54) is 0 Å². The predicted molar refractivity (Wildman–Crippen MR) is 114 cm³/mol. The monoisotopic (exact) mass is 824 g/mol.